The van der Waals surface area contributed by atoms with Gasteiger partial charge in [0.1, 0.15) is 0 Å². The van der Waals surface area contributed by atoms with Gasteiger partial charge in [-0.05, 0) is 36.0 Å². The molecule has 4 aromatic rings. The van der Waals surface area contributed by atoms with Gasteiger partial charge in [0, 0.05) is 11.1 Å². The van der Waals surface area contributed by atoms with E-state index in [1.807, 2.05) is 65.3 Å². The fraction of sp³-hybridized carbons (Fsp3) is 0. The Bertz CT molecular complexity index is 1130. The molecule has 0 aliphatic carbocycles. The summed E-state index contributed by atoms with van der Waals surface area (Å²) in [6.45, 7) is 0. The molecule has 0 unspecified atom stereocenters. The third kappa shape index (κ3) is 4.39. The number of thiocarbonyl (C=S) groups is 1. The Hall–Kier alpha value is -3.77. The summed E-state index contributed by atoms with van der Waals surface area (Å²) in [6.07, 6.45) is 1.67. The van der Waals surface area contributed by atoms with Crippen molar-refractivity contribution in [3.8, 4) is 28.2 Å². The van der Waals surface area contributed by atoms with Gasteiger partial charge in [0.05, 0.1) is 23.3 Å². The van der Waals surface area contributed by atoms with Crippen molar-refractivity contribution in [3.63, 3.8) is 0 Å². The van der Waals surface area contributed by atoms with Crippen LogP contribution in [0.4, 0.5) is 0 Å². The number of hydrogen-bond donors (Lipinski definition) is 2. The molecule has 0 radical (unpaired) electrons. The largest absolute Gasteiger partial charge is 0.375 e. The van der Waals surface area contributed by atoms with Crippen LogP contribution in [0.15, 0.2) is 96.1 Å². The lowest BCUT2D eigenvalue weighted by Crippen LogP contribution is -2.23. The van der Waals surface area contributed by atoms with E-state index < -0.39 is 0 Å². The van der Waals surface area contributed by atoms with E-state index in [2.05, 4.69) is 40.9 Å². The van der Waals surface area contributed by atoms with Crippen LogP contribution >= 0.6 is 12.2 Å². The molecule has 0 atom stereocenters. The monoisotopic (exact) mass is 397 g/mol. The molecule has 1 heterocycles. The number of hydrazone groups is 1. The van der Waals surface area contributed by atoms with Crippen LogP contribution in [0.3, 0.4) is 0 Å². The smallest absolute Gasteiger partial charge is 0.184 e. The number of benzene rings is 3. The second-order valence-electron chi connectivity index (χ2n) is 6.38. The first-order chi connectivity index (χ1) is 14.2. The van der Waals surface area contributed by atoms with E-state index in [4.69, 9.17) is 23.1 Å². The first kappa shape index (κ1) is 18.6. The molecule has 4 rings (SSSR count). The van der Waals surface area contributed by atoms with Crippen LogP contribution in [-0.4, -0.2) is 21.1 Å². The van der Waals surface area contributed by atoms with Gasteiger partial charge in [-0.3, -0.25) is 5.43 Å². The minimum absolute atomic E-state index is 0.135. The molecule has 3 N–H and O–H groups in total. The maximum atomic E-state index is 5.37. The maximum absolute atomic E-state index is 5.37. The summed E-state index contributed by atoms with van der Waals surface area (Å²) in [7, 11) is 0. The van der Waals surface area contributed by atoms with Gasteiger partial charge in [0.25, 0.3) is 0 Å². The van der Waals surface area contributed by atoms with E-state index >= 15 is 0 Å². The Morgan fingerprint density at radius 1 is 0.897 bits per heavy atom. The second-order valence-corrected chi connectivity index (χ2v) is 6.82. The van der Waals surface area contributed by atoms with Crippen molar-refractivity contribution in [1.29, 1.82) is 0 Å². The van der Waals surface area contributed by atoms with Gasteiger partial charge < -0.3 is 5.73 Å². The molecule has 0 aliphatic heterocycles. The lowest BCUT2D eigenvalue weighted by atomic mass is 10.1. The third-order valence-electron chi connectivity index (χ3n) is 4.37. The Morgan fingerprint density at radius 3 is 2.14 bits per heavy atom. The minimum Gasteiger partial charge on any atom is -0.375 e. The fourth-order valence-corrected chi connectivity index (χ4v) is 3.07. The summed E-state index contributed by atoms with van der Waals surface area (Å²) in [4.78, 5) is 0. The highest BCUT2D eigenvalue weighted by Gasteiger charge is 2.12. The first-order valence-corrected chi connectivity index (χ1v) is 9.51. The molecule has 6 heteroatoms. The quantitative estimate of drug-likeness (QED) is 0.298. The molecule has 0 spiro atoms. The van der Waals surface area contributed by atoms with Crippen molar-refractivity contribution >= 4 is 23.5 Å². The van der Waals surface area contributed by atoms with E-state index in [1.165, 1.54) is 0 Å². The molecule has 3 aromatic carbocycles. The molecule has 1 aromatic heterocycles. The Kier molecular flexibility index (Phi) is 5.45. The first-order valence-electron chi connectivity index (χ1n) is 9.10. The van der Waals surface area contributed by atoms with Crippen molar-refractivity contribution < 1.29 is 0 Å². The number of rotatable bonds is 5. The Morgan fingerprint density at radius 2 is 1.52 bits per heavy atom. The van der Waals surface area contributed by atoms with Gasteiger partial charge in [-0.25, -0.2) is 4.68 Å². The topological polar surface area (TPSA) is 68.2 Å². The highest BCUT2D eigenvalue weighted by atomic mass is 32.1. The van der Waals surface area contributed by atoms with Crippen molar-refractivity contribution in [2.75, 3.05) is 0 Å². The zero-order valence-corrected chi connectivity index (χ0v) is 16.4. The van der Waals surface area contributed by atoms with Crippen LogP contribution in [0.25, 0.3) is 28.2 Å². The van der Waals surface area contributed by atoms with Crippen LogP contribution in [0.5, 0.6) is 0 Å². The standard InChI is InChI=1S/C23H19N5S/c24-23(29)26-25-16-17-11-13-20(14-12-17)28-22(19-9-5-2-6-10-19)15-21(27-28)18-7-3-1-4-8-18/h1-16H,(H3,24,26,29)/b25-16-. The fourth-order valence-electron chi connectivity index (χ4n) is 3.01. The molecular formula is C23H19N5S. The number of nitrogens with zero attached hydrogens (tertiary/aromatic N) is 3. The Labute approximate surface area is 174 Å². The number of aromatic nitrogens is 2. The lowest BCUT2D eigenvalue weighted by Gasteiger charge is -2.08. The summed E-state index contributed by atoms with van der Waals surface area (Å²) in [5.41, 5.74) is 14.0. The molecule has 29 heavy (non-hydrogen) atoms. The van der Waals surface area contributed by atoms with Gasteiger partial charge in [0.2, 0.25) is 0 Å². The van der Waals surface area contributed by atoms with Crippen LogP contribution in [0, 0.1) is 0 Å². The van der Waals surface area contributed by atoms with E-state index in [9.17, 15) is 0 Å². The maximum Gasteiger partial charge on any atom is 0.184 e. The van der Waals surface area contributed by atoms with E-state index in [0.29, 0.717) is 0 Å². The van der Waals surface area contributed by atoms with Crippen LogP contribution in [-0.2, 0) is 0 Å². The zero-order chi connectivity index (χ0) is 20.1. The molecule has 5 nitrogen and oxygen atoms in total. The SMILES string of the molecule is NC(=S)N/N=C\c1ccc(-n2nc(-c3ccccc3)cc2-c2ccccc2)cc1. The normalized spacial score (nSPS) is 10.9. The van der Waals surface area contributed by atoms with Gasteiger partial charge in [-0.15, -0.1) is 0 Å². The Balaban J connectivity index is 1.73. The molecule has 0 amide bonds. The lowest BCUT2D eigenvalue weighted by molar-refractivity contribution is 0.892. The summed E-state index contributed by atoms with van der Waals surface area (Å²) in [5, 5.41) is 9.00. The summed E-state index contributed by atoms with van der Waals surface area (Å²) < 4.78 is 1.96. The zero-order valence-electron chi connectivity index (χ0n) is 15.6. The van der Waals surface area contributed by atoms with Crippen LogP contribution in [0.1, 0.15) is 5.56 Å². The summed E-state index contributed by atoms with van der Waals surface area (Å²) in [6, 6.07) is 30.5. The van der Waals surface area contributed by atoms with Crippen molar-refractivity contribution in [1.82, 2.24) is 15.2 Å². The molecule has 0 saturated heterocycles. The molecular weight excluding hydrogens is 378 g/mol. The van der Waals surface area contributed by atoms with E-state index in [-0.39, 0.29) is 5.11 Å². The summed E-state index contributed by atoms with van der Waals surface area (Å²) in [5.74, 6) is 0. The highest BCUT2D eigenvalue weighted by molar-refractivity contribution is 7.80. The van der Waals surface area contributed by atoms with Crippen molar-refractivity contribution in [2.45, 2.75) is 0 Å². The van der Waals surface area contributed by atoms with Crippen molar-refractivity contribution in [3.05, 3.63) is 96.6 Å². The van der Waals surface area contributed by atoms with E-state index in [1.54, 1.807) is 6.21 Å². The molecule has 0 saturated carbocycles. The average molecular weight is 398 g/mol. The predicted molar refractivity (Wildman–Crippen MR) is 122 cm³/mol. The molecule has 0 aliphatic rings. The minimum atomic E-state index is 0.135. The molecule has 0 fully saturated rings. The van der Waals surface area contributed by atoms with Gasteiger partial charge in [0.15, 0.2) is 5.11 Å². The third-order valence-corrected chi connectivity index (χ3v) is 4.47. The number of hydrogen-bond acceptors (Lipinski definition) is 3. The number of nitrogens with one attached hydrogen (secondary N) is 1. The molecule has 0 bridgehead atoms. The number of nitrogens with two attached hydrogens (primary N) is 1. The average Bonchev–Trinajstić information content (AvgIpc) is 3.21. The van der Waals surface area contributed by atoms with E-state index in [0.717, 1.165) is 33.8 Å². The molecule has 142 valence electrons. The van der Waals surface area contributed by atoms with Gasteiger partial charge in [-0.2, -0.15) is 10.2 Å². The predicted octanol–water partition coefficient (Wildman–Crippen LogP) is 4.37. The van der Waals surface area contributed by atoms with Gasteiger partial charge >= 0.3 is 0 Å². The van der Waals surface area contributed by atoms with Crippen LogP contribution in [0.2, 0.25) is 0 Å². The summed E-state index contributed by atoms with van der Waals surface area (Å²) >= 11 is 4.74. The van der Waals surface area contributed by atoms with Crippen LogP contribution < -0.4 is 11.2 Å². The van der Waals surface area contributed by atoms with Crippen molar-refractivity contribution in [2.24, 2.45) is 10.8 Å². The second kappa shape index (κ2) is 8.50. The van der Waals surface area contributed by atoms with Gasteiger partial charge in [-0.1, -0.05) is 72.8 Å². The highest BCUT2D eigenvalue weighted by Crippen LogP contribution is 2.28.